The maximum Gasteiger partial charge on any atom is 0.0591 e. The second-order valence-corrected chi connectivity index (χ2v) is 5.01. The molecule has 2 nitrogen and oxygen atoms in total. The molecule has 0 heterocycles. The lowest BCUT2D eigenvalue weighted by Gasteiger charge is -2.25. The molecule has 0 atom stereocenters. The molecule has 0 bridgehead atoms. The Labute approximate surface area is 96.9 Å². The summed E-state index contributed by atoms with van der Waals surface area (Å²) >= 11 is 3.46. The van der Waals surface area contributed by atoms with Gasteiger partial charge in [-0.2, -0.15) is 0 Å². The van der Waals surface area contributed by atoms with Crippen LogP contribution in [0.5, 0.6) is 0 Å². The molecule has 0 aliphatic carbocycles. The zero-order valence-corrected chi connectivity index (χ0v) is 11.3. The van der Waals surface area contributed by atoms with E-state index in [9.17, 15) is 0 Å². The van der Waals surface area contributed by atoms with Crippen LogP contribution in [0.1, 0.15) is 40.0 Å². The summed E-state index contributed by atoms with van der Waals surface area (Å²) in [6, 6.07) is 0. The number of halogens is 1. The lowest BCUT2D eigenvalue weighted by atomic mass is 10.0. The molecule has 0 fully saturated rings. The number of nitrogens with one attached hydrogen (secondary N) is 1. The van der Waals surface area contributed by atoms with Crippen molar-refractivity contribution >= 4 is 15.9 Å². The van der Waals surface area contributed by atoms with Crippen molar-refractivity contribution in [1.82, 2.24) is 5.32 Å². The van der Waals surface area contributed by atoms with Gasteiger partial charge in [-0.05, 0) is 26.7 Å². The van der Waals surface area contributed by atoms with Gasteiger partial charge in [-0.1, -0.05) is 29.3 Å². The Morgan fingerprint density at radius 1 is 1.29 bits per heavy atom. The molecule has 0 rings (SSSR count). The summed E-state index contributed by atoms with van der Waals surface area (Å²) in [6.07, 6.45) is 3.52. The first kappa shape index (κ1) is 14.4. The third-order valence-electron chi connectivity index (χ3n) is 2.21. The van der Waals surface area contributed by atoms with Crippen LogP contribution in [0.2, 0.25) is 0 Å². The van der Waals surface area contributed by atoms with E-state index in [4.69, 9.17) is 4.74 Å². The van der Waals surface area contributed by atoms with Gasteiger partial charge in [0, 0.05) is 24.0 Å². The lowest BCUT2D eigenvalue weighted by Crippen LogP contribution is -2.41. The third-order valence-corrected chi connectivity index (χ3v) is 2.61. The smallest absolute Gasteiger partial charge is 0.0591 e. The second-order valence-electron chi connectivity index (χ2n) is 4.22. The van der Waals surface area contributed by atoms with Gasteiger partial charge in [0.1, 0.15) is 0 Å². The molecule has 14 heavy (non-hydrogen) atoms. The van der Waals surface area contributed by atoms with E-state index in [1.165, 1.54) is 12.8 Å². The molecule has 0 aromatic carbocycles. The highest BCUT2D eigenvalue weighted by atomic mass is 79.9. The fourth-order valence-electron chi connectivity index (χ4n) is 1.13. The van der Waals surface area contributed by atoms with Crippen molar-refractivity contribution in [3.8, 4) is 0 Å². The van der Waals surface area contributed by atoms with Crippen molar-refractivity contribution in [2.75, 3.05) is 25.1 Å². The molecule has 0 radical (unpaired) electrons. The van der Waals surface area contributed by atoms with E-state index in [0.29, 0.717) is 0 Å². The summed E-state index contributed by atoms with van der Waals surface area (Å²) in [5.74, 6) is 0. The highest BCUT2D eigenvalue weighted by Gasteiger charge is 2.14. The van der Waals surface area contributed by atoms with Crippen LogP contribution in [0.25, 0.3) is 0 Å². The molecular weight excluding hydrogens is 242 g/mol. The molecule has 0 aliphatic rings. The van der Waals surface area contributed by atoms with Gasteiger partial charge in [0.05, 0.1) is 6.61 Å². The highest BCUT2D eigenvalue weighted by Crippen LogP contribution is 2.09. The van der Waals surface area contributed by atoms with Crippen LogP contribution in [0.3, 0.4) is 0 Å². The Morgan fingerprint density at radius 3 is 2.57 bits per heavy atom. The monoisotopic (exact) mass is 265 g/mol. The zero-order chi connectivity index (χ0) is 10.9. The molecule has 0 saturated heterocycles. The van der Waals surface area contributed by atoms with Crippen LogP contribution >= 0.6 is 15.9 Å². The van der Waals surface area contributed by atoms with Crippen molar-refractivity contribution in [1.29, 1.82) is 0 Å². The van der Waals surface area contributed by atoms with Crippen LogP contribution in [0.15, 0.2) is 0 Å². The SMILES string of the molecule is CCCCOCCNC(C)(C)CCBr. The minimum atomic E-state index is 0.220. The van der Waals surface area contributed by atoms with Crippen LogP contribution in [-0.2, 0) is 4.74 Å². The van der Waals surface area contributed by atoms with Gasteiger partial charge in [0.25, 0.3) is 0 Å². The van der Waals surface area contributed by atoms with E-state index in [1.807, 2.05) is 0 Å². The van der Waals surface area contributed by atoms with Gasteiger partial charge in [-0.25, -0.2) is 0 Å². The first-order valence-electron chi connectivity index (χ1n) is 5.51. The molecule has 3 heteroatoms. The van der Waals surface area contributed by atoms with Crippen molar-refractivity contribution in [2.45, 2.75) is 45.6 Å². The highest BCUT2D eigenvalue weighted by molar-refractivity contribution is 9.09. The largest absolute Gasteiger partial charge is 0.380 e. The third kappa shape index (κ3) is 8.97. The summed E-state index contributed by atoms with van der Waals surface area (Å²) in [6.45, 7) is 9.30. The van der Waals surface area contributed by atoms with Crippen LogP contribution in [0.4, 0.5) is 0 Å². The second kappa shape index (κ2) is 8.69. The van der Waals surface area contributed by atoms with Crippen LogP contribution in [-0.4, -0.2) is 30.6 Å². The van der Waals surface area contributed by atoms with Gasteiger partial charge >= 0.3 is 0 Å². The van der Waals surface area contributed by atoms with Crippen LogP contribution < -0.4 is 5.32 Å². The van der Waals surface area contributed by atoms with E-state index < -0.39 is 0 Å². The minimum absolute atomic E-state index is 0.220. The predicted molar refractivity (Wildman–Crippen MR) is 66.2 cm³/mol. The van der Waals surface area contributed by atoms with Gasteiger partial charge < -0.3 is 10.1 Å². The molecule has 0 aliphatic heterocycles. The topological polar surface area (TPSA) is 21.3 Å². The molecule has 86 valence electrons. The molecule has 0 unspecified atom stereocenters. The maximum absolute atomic E-state index is 5.47. The van der Waals surface area contributed by atoms with E-state index in [2.05, 4.69) is 42.0 Å². The normalized spacial score (nSPS) is 12.0. The summed E-state index contributed by atoms with van der Waals surface area (Å²) in [4.78, 5) is 0. The Bertz CT molecular complexity index is 128. The molecule has 0 aromatic heterocycles. The predicted octanol–water partition coefficient (Wildman–Crippen LogP) is 2.96. The molecule has 1 N–H and O–H groups in total. The van der Waals surface area contributed by atoms with Gasteiger partial charge in [0.15, 0.2) is 0 Å². The minimum Gasteiger partial charge on any atom is -0.380 e. The lowest BCUT2D eigenvalue weighted by molar-refractivity contribution is 0.127. The Kier molecular flexibility index (Phi) is 8.94. The Hall–Kier alpha value is 0.400. The number of rotatable bonds is 9. The number of hydrogen-bond donors (Lipinski definition) is 1. The molecule has 0 spiro atoms. The van der Waals surface area contributed by atoms with Crippen molar-refractivity contribution in [3.63, 3.8) is 0 Å². The molecular formula is C11H24BrNO. The van der Waals surface area contributed by atoms with Gasteiger partial charge in [0.2, 0.25) is 0 Å². The number of unbranched alkanes of at least 4 members (excludes halogenated alkanes) is 1. The summed E-state index contributed by atoms with van der Waals surface area (Å²) < 4.78 is 5.47. The van der Waals surface area contributed by atoms with E-state index in [1.54, 1.807) is 0 Å². The van der Waals surface area contributed by atoms with E-state index in [0.717, 1.165) is 31.5 Å². The molecule has 0 aromatic rings. The van der Waals surface area contributed by atoms with Crippen LogP contribution in [0, 0.1) is 0 Å². The summed E-state index contributed by atoms with van der Waals surface area (Å²) in [5, 5.41) is 4.53. The molecule has 0 amide bonds. The van der Waals surface area contributed by atoms with Crippen molar-refractivity contribution < 1.29 is 4.74 Å². The number of hydrogen-bond acceptors (Lipinski definition) is 2. The van der Waals surface area contributed by atoms with Gasteiger partial charge in [-0.15, -0.1) is 0 Å². The first-order chi connectivity index (χ1) is 6.62. The summed E-state index contributed by atoms with van der Waals surface area (Å²) in [7, 11) is 0. The average Bonchev–Trinajstić information content (AvgIpc) is 2.11. The fraction of sp³-hybridized carbons (Fsp3) is 1.00. The Morgan fingerprint density at radius 2 is 2.00 bits per heavy atom. The first-order valence-corrected chi connectivity index (χ1v) is 6.63. The maximum atomic E-state index is 5.47. The van der Waals surface area contributed by atoms with E-state index in [-0.39, 0.29) is 5.54 Å². The number of ether oxygens (including phenoxy) is 1. The fourth-order valence-corrected chi connectivity index (χ4v) is 2.13. The molecule has 0 saturated carbocycles. The standard InChI is InChI=1S/C11H24BrNO/c1-4-5-9-14-10-8-13-11(2,3)6-7-12/h13H,4-10H2,1-3H3. The number of alkyl halides is 1. The summed E-state index contributed by atoms with van der Waals surface area (Å²) in [5.41, 5.74) is 0.220. The zero-order valence-electron chi connectivity index (χ0n) is 9.74. The van der Waals surface area contributed by atoms with E-state index >= 15 is 0 Å². The van der Waals surface area contributed by atoms with Crippen molar-refractivity contribution in [3.05, 3.63) is 0 Å². The quantitative estimate of drug-likeness (QED) is 0.511. The Balaban J connectivity index is 3.26. The van der Waals surface area contributed by atoms with Crippen molar-refractivity contribution in [2.24, 2.45) is 0 Å². The van der Waals surface area contributed by atoms with Gasteiger partial charge in [-0.3, -0.25) is 0 Å². The average molecular weight is 266 g/mol.